The molecule has 0 aromatic carbocycles. The molecule has 2 nitrogen and oxygen atoms in total. The summed E-state index contributed by atoms with van der Waals surface area (Å²) in [5, 5.41) is 10.2. The second-order valence-corrected chi connectivity index (χ2v) is 2.15. The molecule has 0 rings (SSSR count). The topological polar surface area (TPSA) is 29.1 Å². The lowest BCUT2D eigenvalue weighted by atomic mass is 10.2. The molecule has 0 fully saturated rings. The van der Waals surface area contributed by atoms with Crippen LogP contribution < -0.4 is 0 Å². The second-order valence-electron chi connectivity index (χ2n) is 2.15. The summed E-state index contributed by atoms with van der Waals surface area (Å²) >= 11 is 0. The third-order valence-corrected chi connectivity index (χ3v) is 1.34. The molecular weight excluding hydrogens is 128 g/mol. The monoisotopic (exact) mass is 143 g/mol. The van der Waals surface area contributed by atoms with Crippen LogP contribution in [0.3, 0.4) is 0 Å². The minimum atomic E-state index is -0.0460. The first-order valence-electron chi connectivity index (χ1n) is 3.65. The van der Waals surface area contributed by atoms with Gasteiger partial charge in [0.1, 0.15) is 0 Å². The van der Waals surface area contributed by atoms with Crippen LogP contribution in [0.1, 0.15) is 19.8 Å². The predicted octanol–water partition coefficient (Wildman–Crippen LogP) is 1.79. The standard InChI is InChI=1S/C8H15O2/c1-3-7-10-8(4-2)5-6-9/h3,8H,1,4-7H2,2H3. The van der Waals surface area contributed by atoms with Gasteiger partial charge in [-0.05, 0) is 6.42 Å². The van der Waals surface area contributed by atoms with Crippen molar-refractivity contribution in [3.63, 3.8) is 0 Å². The number of rotatable bonds is 6. The number of hydrogen-bond donors (Lipinski definition) is 0. The van der Waals surface area contributed by atoms with Crippen molar-refractivity contribution in [2.45, 2.75) is 25.9 Å². The summed E-state index contributed by atoms with van der Waals surface area (Å²) < 4.78 is 5.26. The fraction of sp³-hybridized carbons (Fsp3) is 0.750. The summed E-state index contributed by atoms with van der Waals surface area (Å²) in [4.78, 5) is 0. The maximum atomic E-state index is 10.2. The van der Waals surface area contributed by atoms with Gasteiger partial charge in [0.05, 0.1) is 19.3 Å². The highest BCUT2D eigenvalue weighted by Gasteiger charge is 2.03. The van der Waals surface area contributed by atoms with Crippen molar-refractivity contribution >= 4 is 0 Å². The molecule has 0 spiro atoms. The van der Waals surface area contributed by atoms with Crippen molar-refractivity contribution in [1.82, 2.24) is 0 Å². The molecule has 2 heteroatoms. The van der Waals surface area contributed by atoms with Crippen LogP contribution in [-0.4, -0.2) is 19.3 Å². The average molecular weight is 143 g/mol. The third-order valence-electron chi connectivity index (χ3n) is 1.34. The molecule has 0 aromatic rings. The molecule has 10 heavy (non-hydrogen) atoms. The van der Waals surface area contributed by atoms with Crippen molar-refractivity contribution < 1.29 is 9.84 Å². The van der Waals surface area contributed by atoms with E-state index < -0.39 is 0 Å². The first-order chi connectivity index (χ1) is 4.85. The van der Waals surface area contributed by atoms with E-state index in [9.17, 15) is 5.11 Å². The van der Waals surface area contributed by atoms with Gasteiger partial charge in [-0.2, -0.15) is 0 Å². The summed E-state index contributed by atoms with van der Waals surface area (Å²) in [7, 11) is 0. The Labute approximate surface area is 62.5 Å². The molecule has 0 heterocycles. The smallest absolute Gasteiger partial charge is 0.0847 e. The van der Waals surface area contributed by atoms with Gasteiger partial charge in [-0.1, -0.05) is 13.0 Å². The van der Waals surface area contributed by atoms with Crippen LogP contribution in [-0.2, 0) is 9.84 Å². The van der Waals surface area contributed by atoms with Gasteiger partial charge in [0.25, 0.3) is 0 Å². The highest BCUT2D eigenvalue weighted by Crippen LogP contribution is 2.02. The lowest BCUT2D eigenvalue weighted by Crippen LogP contribution is -2.12. The van der Waals surface area contributed by atoms with E-state index in [1.807, 2.05) is 6.92 Å². The molecular formula is C8H15O2. The summed E-state index contributed by atoms with van der Waals surface area (Å²) in [5.74, 6) is 0. The van der Waals surface area contributed by atoms with E-state index in [1.165, 1.54) is 0 Å². The van der Waals surface area contributed by atoms with Crippen molar-refractivity contribution in [2.24, 2.45) is 0 Å². The summed E-state index contributed by atoms with van der Waals surface area (Å²) in [5.41, 5.74) is 0. The maximum Gasteiger partial charge on any atom is 0.0847 e. The van der Waals surface area contributed by atoms with Crippen molar-refractivity contribution in [3.05, 3.63) is 12.7 Å². The Bertz CT molecular complexity index is 81.3. The van der Waals surface area contributed by atoms with Gasteiger partial charge in [0, 0.05) is 6.42 Å². The zero-order valence-electron chi connectivity index (χ0n) is 6.51. The molecule has 1 radical (unpaired) electrons. The first-order valence-corrected chi connectivity index (χ1v) is 3.65. The third kappa shape index (κ3) is 4.53. The minimum Gasteiger partial charge on any atom is -0.374 e. The SMILES string of the molecule is C=CCOC(CC)CC[O]. The van der Waals surface area contributed by atoms with E-state index in [-0.39, 0.29) is 12.7 Å². The molecule has 0 N–H and O–H groups in total. The Morgan fingerprint density at radius 3 is 2.80 bits per heavy atom. The fourth-order valence-corrected chi connectivity index (χ4v) is 0.741. The molecule has 59 valence electrons. The van der Waals surface area contributed by atoms with E-state index in [1.54, 1.807) is 6.08 Å². The average Bonchev–Trinajstić information content (AvgIpc) is 1.98. The van der Waals surface area contributed by atoms with Crippen LogP contribution in [0.2, 0.25) is 0 Å². The summed E-state index contributed by atoms with van der Waals surface area (Å²) in [6.45, 7) is 6.05. The van der Waals surface area contributed by atoms with E-state index in [0.717, 1.165) is 6.42 Å². The van der Waals surface area contributed by atoms with E-state index in [0.29, 0.717) is 13.0 Å². The first kappa shape index (κ1) is 9.66. The molecule has 0 saturated carbocycles. The van der Waals surface area contributed by atoms with Gasteiger partial charge >= 0.3 is 0 Å². The van der Waals surface area contributed by atoms with E-state index in [2.05, 4.69) is 6.58 Å². The van der Waals surface area contributed by atoms with Crippen LogP contribution in [0, 0.1) is 0 Å². The molecule has 1 atom stereocenters. The molecule has 1 unspecified atom stereocenters. The van der Waals surface area contributed by atoms with E-state index >= 15 is 0 Å². The highest BCUT2D eigenvalue weighted by molar-refractivity contribution is 4.66. The molecule has 0 aliphatic rings. The van der Waals surface area contributed by atoms with Gasteiger partial charge in [-0.15, -0.1) is 6.58 Å². The van der Waals surface area contributed by atoms with Crippen LogP contribution in [0.25, 0.3) is 0 Å². The molecule has 0 aromatic heterocycles. The Hall–Kier alpha value is -0.340. The van der Waals surface area contributed by atoms with Crippen molar-refractivity contribution in [3.8, 4) is 0 Å². The van der Waals surface area contributed by atoms with Crippen LogP contribution >= 0.6 is 0 Å². The summed E-state index contributed by atoms with van der Waals surface area (Å²) in [6.07, 6.45) is 3.36. The fourth-order valence-electron chi connectivity index (χ4n) is 0.741. The Morgan fingerprint density at radius 2 is 2.40 bits per heavy atom. The molecule has 0 bridgehead atoms. The van der Waals surface area contributed by atoms with Gasteiger partial charge in [-0.25, -0.2) is 5.11 Å². The van der Waals surface area contributed by atoms with Gasteiger partial charge in [0.15, 0.2) is 0 Å². The number of ether oxygens (including phenoxy) is 1. The number of hydrogen-bond acceptors (Lipinski definition) is 1. The normalized spacial score (nSPS) is 13.0. The van der Waals surface area contributed by atoms with Gasteiger partial charge in [-0.3, -0.25) is 0 Å². The molecule has 0 aliphatic heterocycles. The minimum absolute atomic E-state index is 0.0460. The Kier molecular flexibility index (Phi) is 6.55. The Balaban J connectivity index is 3.29. The van der Waals surface area contributed by atoms with Crippen LogP contribution in [0.5, 0.6) is 0 Å². The Morgan fingerprint density at radius 1 is 1.70 bits per heavy atom. The summed E-state index contributed by atoms with van der Waals surface area (Å²) in [6, 6.07) is 0. The van der Waals surface area contributed by atoms with Crippen molar-refractivity contribution in [2.75, 3.05) is 13.2 Å². The highest BCUT2D eigenvalue weighted by atomic mass is 16.5. The van der Waals surface area contributed by atoms with Gasteiger partial charge in [0.2, 0.25) is 0 Å². The lowest BCUT2D eigenvalue weighted by molar-refractivity contribution is 0.0403. The van der Waals surface area contributed by atoms with Gasteiger partial charge < -0.3 is 4.74 Å². The molecule has 0 saturated heterocycles. The van der Waals surface area contributed by atoms with Crippen LogP contribution in [0.15, 0.2) is 12.7 Å². The quantitative estimate of drug-likeness (QED) is 0.521. The zero-order chi connectivity index (χ0) is 7.82. The molecule has 0 aliphatic carbocycles. The predicted molar refractivity (Wildman–Crippen MR) is 40.4 cm³/mol. The molecule has 0 amide bonds. The lowest BCUT2D eigenvalue weighted by Gasteiger charge is -2.11. The zero-order valence-corrected chi connectivity index (χ0v) is 6.51. The van der Waals surface area contributed by atoms with Crippen molar-refractivity contribution in [1.29, 1.82) is 0 Å². The maximum absolute atomic E-state index is 10.2. The van der Waals surface area contributed by atoms with E-state index in [4.69, 9.17) is 4.74 Å². The largest absolute Gasteiger partial charge is 0.374 e. The van der Waals surface area contributed by atoms with Crippen LogP contribution in [0.4, 0.5) is 0 Å². The second kappa shape index (κ2) is 6.78.